The van der Waals surface area contributed by atoms with Crippen LogP contribution in [0.3, 0.4) is 0 Å². The molecule has 0 spiro atoms. The minimum absolute atomic E-state index is 0.0321. The molecule has 2 rings (SSSR count). The van der Waals surface area contributed by atoms with Gasteiger partial charge in [0.25, 0.3) is 5.91 Å². The molecule has 1 aliphatic rings. The molecule has 1 saturated heterocycles. The zero-order chi connectivity index (χ0) is 14.0. The largest absolute Gasteiger partial charge is 0.379 e. The molecule has 1 amide bonds. The monoisotopic (exact) mass is 267 g/mol. The van der Waals surface area contributed by atoms with E-state index in [0.29, 0.717) is 0 Å². The number of carbonyl (C=O) groups is 1. The minimum Gasteiger partial charge on any atom is -0.379 e. The summed E-state index contributed by atoms with van der Waals surface area (Å²) < 4.78 is 4.42. The van der Waals surface area contributed by atoms with E-state index >= 15 is 0 Å². The Morgan fingerprint density at radius 3 is 2.47 bits per heavy atom. The average molecular weight is 267 g/mol. The Hall–Kier alpha value is -1.63. The third kappa shape index (κ3) is 3.23. The third-order valence-electron chi connectivity index (χ3n) is 3.51. The quantitative estimate of drug-likeness (QED) is 0.816. The van der Waals surface area contributed by atoms with Gasteiger partial charge in [-0.2, -0.15) is 0 Å². The highest BCUT2D eigenvalue weighted by Gasteiger charge is 2.28. The molecule has 1 aromatic heterocycles. The summed E-state index contributed by atoms with van der Waals surface area (Å²) in [4.78, 5) is 14.3. The van der Waals surface area contributed by atoms with Gasteiger partial charge in [-0.15, -0.1) is 0 Å². The lowest BCUT2D eigenvalue weighted by atomic mass is 9.98. The van der Waals surface area contributed by atoms with Crippen molar-refractivity contribution in [1.82, 2.24) is 20.5 Å². The molecule has 0 radical (unpaired) electrons. The number of rotatable bonds is 2. The molecule has 0 aromatic carbocycles. The summed E-state index contributed by atoms with van der Waals surface area (Å²) in [5.74, 6) is -0.280. The summed E-state index contributed by atoms with van der Waals surface area (Å²) in [5, 5.41) is 9.83. The van der Waals surface area contributed by atoms with Gasteiger partial charge in [-0.05, 0) is 43.9 Å². The van der Waals surface area contributed by atoms with Crippen molar-refractivity contribution in [1.29, 1.82) is 0 Å². The van der Waals surface area contributed by atoms with Crippen molar-refractivity contribution in [2.45, 2.75) is 45.2 Å². The smallest absolute Gasteiger partial charge is 0.277 e. The minimum atomic E-state index is -0.312. The number of likely N-dealkylation sites (tertiary alicyclic amines) is 1. The first kappa shape index (κ1) is 13.8. The first-order valence-corrected chi connectivity index (χ1v) is 6.52. The molecule has 0 aliphatic carbocycles. The van der Waals surface area contributed by atoms with Crippen LogP contribution in [0.5, 0.6) is 0 Å². The molecule has 106 valence electrons. The van der Waals surface area contributed by atoms with E-state index in [4.69, 9.17) is 5.73 Å². The van der Waals surface area contributed by atoms with Crippen LogP contribution in [0.2, 0.25) is 0 Å². The topological polar surface area (TPSA) is 97.3 Å². The second-order valence-electron chi connectivity index (χ2n) is 5.90. The van der Waals surface area contributed by atoms with Crippen molar-refractivity contribution in [3.05, 3.63) is 5.69 Å². The molecule has 0 unspecified atom stereocenters. The molecule has 7 nitrogen and oxygen atoms in total. The van der Waals surface area contributed by atoms with Crippen molar-refractivity contribution in [2.24, 2.45) is 0 Å². The Labute approximate surface area is 112 Å². The van der Waals surface area contributed by atoms with Crippen molar-refractivity contribution in [3.63, 3.8) is 0 Å². The average Bonchev–Trinajstić information content (AvgIpc) is 2.75. The van der Waals surface area contributed by atoms with Crippen LogP contribution in [0.15, 0.2) is 4.63 Å². The highest BCUT2D eigenvalue weighted by atomic mass is 16.6. The maximum Gasteiger partial charge on any atom is 0.277 e. The Kier molecular flexibility index (Phi) is 3.75. The number of piperidine rings is 1. The van der Waals surface area contributed by atoms with E-state index in [1.165, 1.54) is 0 Å². The zero-order valence-corrected chi connectivity index (χ0v) is 11.6. The number of carbonyl (C=O) groups excluding carboxylic acids is 1. The Balaban J connectivity index is 1.86. The third-order valence-corrected chi connectivity index (χ3v) is 3.51. The molecule has 2 heterocycles. The van der Waals surface area contributed by atoms with Crippen LogP contribution in [-0.4, -0.2) is 45.8 Å². The van der Waals surface area contributed by atoms with E-state index in [9.17, 15) is 4.79 Å². The van der Waals surface area contributed by atoms with Crippen LogP contribution >= 0.6 is 0 Å². The molecule has 0 bridgehead atoms. The lowest BCUT2D eigenvalue weighted by Crippen LogP contribution is -2.50. The van der Waals surface area contributed by atoms with Crippen molar-refractivity contribution in [2.75, 3.05) is 18.8 Å². The van der Waals surface area contributed by atoms with Gasteiger partial charge in [0, 0.05) is 24.7 Å². The fraction of sp³-hybridized carbons (Fsp3) is 0.750. The van der Waals surface area contributed by atoms with Gasteiger partial charge in [0.15, 0.2) is 0 Å². The number of hydrogen-bond acceptors (Lipinski definition) is 6. The van der Waals surface area contributed by atoms with Crippen LogP contribution in [0.1, 0.15) is 44.1 Å². The first-order valence-electron chi connectivity index (χ1n) is 6.52. The number of nitrogens with one attached hydrogen (secondary N) is 1. The summed E-state index contributed by atoms with van der Waals surface area (Å²) in [5.41, 5.74) is 5.73. The predicted octanol–water partition coefficient (Wildman–Crippen LogP) is 0.644. The number of nitrogens with zero attached hydrogens (tertiary/aromatic N) is 3. The Morgan fingerprint density at radius 1 is 1.37 bits per heavy atom. The fourth-order valence-corrected chi connectivity index (χ4v) is 2.30. The highest BCUT2D eigenvalue weighted by molar-refractivity contribution is 5.96. The SMILES string of the molecule is CC(C)(C)N1CCC(NC(=O)c2nonc2N)CC1. The molecular formula is C12H21N5O2. The summed E-state index contributed by atoms with van der Waals surface area (Å²) >= 11 is 0. The summed E-state index contributed by atoms with van der Waals surface area (Å²) in [6.07, 6.45) is 1.85. The number of nitrogen functional groups attached to an aromatic ring is 1. The summed E-state index contributed by atoms with van der Waals surface area (Å²) in [7, 11) is 0. The molecular weight excluding hydrogens is 246 g/mol. The van der Waals surface area contributed by atoms with Crippen LogP contribution in [-0.2, 0) is 0 Å². The van der Waals surface area contributed by atoms with Crippen LogP contribution < -0.4 is 11.1 Å². The normalized spacial score (nSPS) is 18.5. The number of anilines is 1. The molecule has 7 heteroatoms. The Morgan fingerprint density at radius 2 is 2.00 bits per heavy atom. The molecule has 0 atom stereocenters. The van der Waals surface area contributed by atoms with E-state index in [2.05, 4.69) is 45.9 Å². The van der Waals surface area contributed by atoms with E-state index < -0.39 is 0 Å². The van der Waals surface area contributed by atoms with E-state index in [-0.39, 0.29) is 29.0 Å². The fourth-order valence-electron chi connectivity index (χ4n) is 2.30. The van der Waals surface area contributed by atoms with Gasteiger partial charge < -0.3 is 11.1 Å². The van der Waals surface area contributed by atoms with Crippen LogP contribution in [0.25, 0.3) is 0 Å². The second-order valence-corrected chi connectivity index (χ2v) is 5.90. The van der Waals surface area contributed by atoms with Gasteiger partial charge in [0.2, 0.25) is 11.5 Å². The number of hydrogen-bond donors (Lipinski definition) is 2. The van der Waals surface area contributed by atoms with Gasteiger partial charge in [0.1, 0.15) is 0 Å². The zero-order valence-electron chi connectivity index (χ0n) is 11.6. The predicted molar refractivity (Wildman–Crippen MR) is 70.5 cm³/mol. The summed E-state index contributed by atoms with van der Waals surface area (Å²) in [6.45, 7) is 8.55. The maximum atomic E-state index is 11.9. The van der Waals surface area contributed by atoms with Gasteiger partial charge in [-0.3, -0.25) is 9.69 Å². The van der Waals surface area contributed by atoms with Crippen molar-refractivity contribution < 1.29 is 9.42 Å². The number of nitrogens with two attached hydrogens (primary N) is 1. The lowest BCUT2D eigenvalue weighted by molar-refractivity contribution is 0.0806. The molecule has 19 heavy (non-hydrogen) atoms. The molecule has 1 aliphatic heterocycles. The van der Waals surface area contributed by atoms with Gasteiger partial charge in [0.05, 0.1) is 0 Å². The molecule has 0 saturated carbocycles. The van der Waals surface area contributed by atoms with Gasteiger partial charge in [-0.1, -0.05) is 0 Å². The van der Waals surface area contributed by atoms with Gasteiger partial charge >= 0.3 is 0 Å². The van der Waals surface area contributed by atoms with Crippen LogP contribution in [0, 0.1) is 0 Å². The molecule has 1 aromatic rings. The van der Waals surface area contributed by atoms with E-state index in [0.717, 1.165) is 25.9 Å². The van der Waals surface area contributed by atoms with E-state index in [1.807, 2.05) is 0 Å². The van der Waals surface area contributed by atoms with Crippen LogP contribution in [0.4, 0.5) is 5.82 Å². The second kappa shape index (κ2) is 5.16. The van der Waals surface area contributed by atoms with Crippen molar-refractivity contribution >= 4 is 11.7 Å². The first-order chi connectivity index (χ1) is 8.88. The van der Waals surface area contributed by atoms with E-state index in [1.54, 1.807) is 0 Å². The van der Waals surface area contributed by atoms with Gasteiger partial charge in [-0.25, -0.2) is 4.63 Å². The number of amides is 1. The molecule has 3 N–H and O–H groups in total. The summed E-state index contributed by atoms with van der Waals surface area (Å²) in [6, 6.07) is 0.155. The Bertz CT molecular complexity index is 443. The molecule has 1 fully saturated rings. The lowest BCUT2D eigenvalue weighted by Gasteiger charge is -2.40. The highest BCUT2D eigenvalue weighted by Crippen LogP contribution is 2.20. The number of aromatic nitrogens is 2. The maximum absolute atomic E-state index is 11.9. The standard InChI is InChI=1S/C12H21N5O2/c1-12(2,3)17-6-4-8(5-7-17)14-11(18)9-10(13)16-19-15-9/h8H,4-7H2,1-3H3,(H2,13,16)(H,14,18). The van der Waals surface area contributed by atoms with Crippen molar-refractivity contribution in [3.8, 4) is 0 Å².